The smallest absolute Gasteiger partial charge is 0.210 e. The Kier molecular flexibility index (Phi) is 6.35. The Morgan fingerprint density at radius 2 is 1.85 bits per heavy atom. The van der Waals surface area contributed by atoms with Gasteiger partial charge in [-0.15, -0.1) is 0 Å². The third-order valence-electron chi connectivity index (χ3n) is 2.53. The molecule has 3 nitrogen and oxygen atoms in total. The van der Waals surface area contributed by atoms with Crippen LogP contribution in [0.25, 0.3) is 0 Å². The van der Waals surface area contributed by atoms with E-state index in [1.165, 1.54) is 18.2 Å². The summed E-state index contributed by atoms with van der Waals surface area (Å²) < 4.78 is 26.8. The molecule has 1 aromatic rings. The molecule has 20 heavy (non-hydrogen) atoms. The minimum Gasteiger partial charge on any atom is -0.210 e. The Morgan fingerprint density at radius 3 is 2.35 bits per heavy atom. The van der Waals surface area contributed by atoms with Crippen LogP contribution in [0.4, 0.5) is 0 Å². The lowest BCUT2D eigenvalue weighted by molar-refractivity contribution is 0.373. The van der Waals surface area contributed by atoms with E-state index in [0.29, 0.717) is 11.6 Å². The molecule has 1 unspecified atom stereocenters. The Hall–Kier alpha value is 0.190. The molecule has 0 radical (unpaired) electrons. The second kappa shape index (κ2) is 6.97. The van der Waals surface area contributed by atoms with Crippen molar-refractivity contribution in [2.24, 2.45) is 5.41 Å². The normalized spacial score (nSPS) is 14.3. The number of halogens is 3. The van der Waals surface area contributed by atoms with Crippen LogP contribution in [0.1, 0.15) is 27.2 Å². The molecule has 0 aromatic heterocycles. The van der Waals surface area contributed by atoms with Crippen molar-refractivity contribution in [2.75, 3.05) is 6.54 Å². The van der Waals surface area contributed by atoms with Crippen LogP contribution in [-0.4, -0.2) is 19.8 Å². The molecule has 0 aliphatic rings. The quantitative estimate of drug-likeness (QED) is 0.738. The largest absolute Gasteiger partial charge is 0.240 e. The lowest BCUT2D eigenvalue weighted by Gasteiger charge is -2.22. The van der Waals surface area contributed by atoms with Crippen LogP contribution in [0, 0.1) is 5.41 Å². The van der Waals surface area contributed by atoms with E-state index in [-0.39, 0.29) is 20.2 Å². The molecular weight excluding hydrogens is 385 g/mol. The summed E-state index contributed by atoms with van der Waals surface area (Å²) in [5.41, 5.74) is 0.128. The predicted molar refractivity (Wildman–Crippen MR) is 88.4 cm³/mol. The fraction of sp³-hybridized carbons (Fsp3) is 0.538. The van der Waals surface area contributed by atoms with Crippen molar-refractivity contribution in [1.82, 2.24) is 4.72 Å². The summed E-state index contributed by atoms with van der Waals surface area (Å²) in [5.74, 6) is 0. The molecule has 0 heterocycles. The number of hydrogen-bond donors (Lipinski definition) is 1. The minimum atomic E-state index is -3.57. The highest BCUT2D eigenvalue weighted by molar-refractivity contribution is 9.09. The number of sulfonamides is 1. The van der Waals surface area contributed by atoms with Crippen LogP contribution in [0.2, 0.25) is 10.0 Å². The van der Waals surface area contributed by atoms with Gasteiger partial charge in [-0.2, -0.15) is 0 Å². The van der Waals surface area contributed by atoms with E-state index in [0.717, 1.165) is 6.42 Å². The van der Waals surface area contributed by atoms with Gasteiger partial charge in [-0.1, -0.05) is 59.9 Å². The van der Waals surface area contributed by atoms with E-state index in [1.807, 2.05) is 0 Å². The minimum absolute atomic E-state index is 0.0695. The zero-order valence-corrected chi connectivity index (χ0v) is 15.5. The van der Waals surface area contributed by atoms with Crippen LogP contribution >= 0.6 is 39.1 Å². The standard InChI is InChI=1S/C13H18BrCl2NO2S/c1-13(2,3)7-9(14)8-17-20(18,19)10-4-5-11(15)12(16)6-10/h4-6,9,17H,7-8H2,1-3H3. The maximum Gasteiger partial charge on any atom is 0.240 e. The van der Waals surface area contributed by atoms with E-state index < -0.39 is 10.0 Å². The van der Waals surface area contributed by atoms with Crippen molar-refractivity contribution in [1.29, 1.82) is 0 Å². The van der Waals surface area contributed by atoms with Gasteiger partial charge in [-0.3, -0.25) is 0 Å². The van der Waals surface area contributed by atoms with Gasteiger partial charge in [-0.05, 0) is 30.0 Å². The first-order valence-corrected chi connectivity index (χ1v) is 9.25. The second-order valence-corrected chi connectivity index (χ2v) is 9.67. The summed E-state index contributed by atoms with van der Waals surface area (Å²) in [6, 6.07) is 4.25. The Balaban J connectivity index is 2.73. The van der Waals surface area contributed by atoms with Gasteiger partial charge in [-0.25, -0.2) is 13.1 Å². The van der Waals surface area contributed by atoms with Gasteiger partial charge in [0.05, 0.1) is 14.9 Å². The van der Waals surface area contributed by atoms with Gasteiger partial charge in [0, 0.05) is 11.4 Å². The van der Waals surface area contributed by atoms with Crippen LogP contribution in [0.15, 0.2) is 23.1 Å². The lowest BCUT2D eigenvalue weighted by Crippen LogP contribution is -2.31. The lowest BCUT2D eigenvalue weighted by atomic mass is 9.91. The molecule has 1 atom stereocenters. The highest BCUT2D eigenvalue weighted by atomic mass is 79.9. The van der Waals surface area contributed by atoms with Gasteiger partial charge in [0.1, 0.15) is 0 Å². The Morgan fingerprint density at radius 1 is 1.25 bits per heavy atom. The zero-order valence-electron chi connectivity index (χ0n) is 11.6. The van der Waals surface area contributed by atoms with Crippen LogP contribution in [-0.2, 0) is 10.0 Å². The molecule has 114 valence electrons. The molecule has 1 N–H and O–H groups in total. The van der Waals surface area contributed by atoms with E-state index in [9.17, 15) is 8.42 Å². The maximum absolute atomic E-state index is 12.1. The fourth-order valence-corrected chi connectivity index (χ4v) is 4.48. The molecule has 0 aliphatic heterocycles. The van der Waals surface area contributed by atoms with Crippen molar-refractivity contribution in [2.45, 2.75) is 36.9 Å². The number of nitrogens with one attached hydrogen (secondary N) is 1. The first kappa shape index (κ1) is 18.2. The van der Waals surface area contributed by atoms with Gasteiger partial charge in [0.15, 0.2) is 0 Å². The van der Waals surface area contributed by atoms with E-state index in [4.69, 9.17) is 23.2 Å². The van der Waals surface area contributed by atoms with Crippen LogP contribution in [0.5, 0.6) is 0 Å². The highest BCUT2D eigenvalue weighted by Crippen LogP contribution is 2.26. The third kappa shape index (κ3) is 5.90. The molecule has 1 aromatic carbocycles. The van der Waals surface area contributed by atoms with Gasteiger partial charge in [0.2, 0.25) is 10.0 Å². The topological polar surface area (TPSA) is 46.2 Å². The molecule has 0 saturated carbocycles. The van der Waals surface area contributed by atoms with Crippen LogP contribution in [0.3, 0.4) is 0 Å². The first-order valence-electron chi connectivity index (χ1n) is 6.10. The fourth-order valence-electron chi connectivity index (χ4n) is 1.66. The average Bonchev–Trinajstić information content (AvgIpc) is 2.28. The molecule has 1 rings (SSSR count). The molecule has 0 aliphatic carbocycles. The van der Waals surface area contributed by atoms with Crippen molar-refractivity contribution in [3.05, 3.63) is 28.2 Å². The summed E-state index contributed by atoms with van der Waals surface area (Å²) in [6.45, 7) is 6.64. The second-order valence-electron chi connectivity index (χ2n) is 5.79. The molecule has 7 heteroatoms. The molecule has 0 spiro atoms. The van der Waals surface area contributed by atoms with Crippen molar-refractivity contribution >= 4 is 49.2 Å². The Bertz CT molecular complexity index is 570. The highest BCUT2D eigenvalue weighted by Gasteiger charge is 2.20. The van der Waals surface area contributed by atoms with Gasteiger partial charge < -0.3 is 0 Å². The molecule has 0 fully saturated rings. The van der Waals surface area contributed by atoms with Crippen LogP contribution < -0.4 is 4.72 Å². The third-order valence-corrected chi connectivity index (χ3v) is 5.34. The summed E-state index contributed by atoms with van der Waals surface area (Å²) in [7, 11) is -3.57. The summed E-state index contributed by atoms with van der Waals surface area (Å²) in [5, 5.41) is 0.552. The van der Waals surface area contributed by atoms with E-state index in [2.05, 4.69) is 41.4 Å². The zero-order chi connectivity index (χ0) is 15.6. The number of hydrogen-bond acceptors (Lipinski definition) is 2. The summed E-state index contributed by atoms with van der Waals surface area (Å²) in [4.78, 5) is 0.183. The monoisotopic (exact) mass is 401 g/mol. The number of rotatable bonds is 5. The predicted octanol–water partition coefficient (Wildman–Crippen LogP) is 4.47. The number of alkyl halides is 1. The Labute approximate surface area is 139 Å². The average molecular weight is 403 g/mol. The van der Waals surface area contributed by atoms with E-state index >= 15 is 0 Å². The summed E-state index contributed by atoms with van der Waals surface area (Å²) >= 11 is 15.1. The van der Waals surface area contributed by atoms with Crippen molar-refractivity contribution in [3.8, 4) is 0 Å². The SMILES string of the molecule is CC(C)(C)CC(Br)CNS(=O)(=O)c1ccc(Cl)c(Cl)c1. The van der Waals surface area contributed by atoms with Gasteiger partial charge in [0.25, 0.3) is 0 Å². The molecule has 0 amide bonds. The molecule has 0 saturated heterocycles. The summed E-state index contributed by atoms with van der Waals surface area (Å²) in [6.07, 6.45) is 0.858. The number of benzene rings is 1. The van der Waals surface area contributed by atoms with Gasteiger partial charge >= 0.3 is 0 Å². The van der Waals surface area contributed by atoms with Crippen molar-refractivity contribution in [3.63, 3.8) is 0 Å². The molecule has 0 bridgehead atoms. The van der Waals surface area contributed by atoms with E-state index in [1.54, 1.807) is 0 Å². The van der Waals surface area contributed by atoms with Crippen molar-refractivity contribution < 1.29 is 8.42 Å². The first-order chi connectivity index (χ1) is 9.01. The molecular formula is C13H18BrCl2NO2S. The maximum atomic E-state index is 12.1.